The normalized spacial score (nSPS) is 22.1. The summed E-state index contributed by atoms with van der Waals surface area (Å²) in [7, 11) is 0. The fourth-order valence-corrected chi connectivity index (χ4v) is 4.05. The minimum atomic E-state index is -1.08. The highest BCUT2D eigenvalue weighted by Gasteiger charge is 2.42. The first-order valence-electron chi connectivity index (χ1n) is 7.83. The predicted molar refractivity (Wildman–Crippen MR) is 98.4 cm³/mol. The van der Waals surface area contributed by atoms with E-state index in [1.807, 2.05) is 4.90 Å². The number of pyridine rings is 1. The molecule has 2 aromatic rings. The standard InChI is InChI=1S/C16H13BrClFN4O3/c1-6-4-23-10(5-22(6)16(25)26)15(24)21-9-3-20-13-7(14(9)23)2-8(18)11(17)12(13)19/h2-3,6,10H,4-5H2,1H3,(H,21,24)(H,25,26)/t6-,10-/m1/s1. The lowest BCUT2D eigenvalue weighted by Gasteiger charge is -2.47. The molecule has 10 heteroatoms. The number of rotatable bonds is 0. The van der Waals surface area contributed by atoms with E-state index in [0.29, 0.717) is 23.3 Å². The molecule has 2 atom stereocenters. The molecule has 0 radical (unpaired) electrons. The number of carbonyl (C=O) groups excluding carboxylic acids is 1. The van der Waals surface area contributed by atoms with Gasteiger partial charge >= 0.3 is 6.09 Å². The summed E-state index contributed by atoms with van der Waals surface area (Å²) in [5, 5.41) is 12.7. The van der Waals surface area contributed by atoms with Crippen LogP contribution in [-0.2, 0) is 4.79 Å². The van der Waals surface area contributed by atoms with Crippen LogP contribution in [0.5, 0.6) is 0 Å². The highest BCUT2D eigenvalue weighted by Crippen LogP contribution is 2.43. The third-order valence-corrected chi connectivity index (χ3v) is 6.10. The molecule has 2 N–H and O–H groups in total. The molecule has 2 aliphatic heterocycles. The number of carboxylic acid groups (broad SMARTS) is 1. The molecule has 1 fully saturated rings. The fraction of sp³-hybridized carbons (Fsp3) is 0.312. The van der Waals surface area contributed by atoms with Gasteiger partial charge in [-0.05, 0) is 28.9 Å². The molecule has 1 aromatic heterocycles. The molecular weight excluding hydrogens is 431 g/mol. The van der Waals surface area contributed by atoms with Gasteiger partial charge in [0.1, 0.15) is 11.6 Å². The van der Waals surface area contributed by atoms with E-state index in [-0.39, 0.29) is 33.5 Å². The number of hydrogen-bond donors (Lipinski definition) is 2. The van der Waals surface area contributed by atoms with E-state index in [4.69, 9.17) is 11.6 Å². The van der Waals surface area contributed by atoms with Gasteiger partial charge in [-0.2, -0.15) is 0 Å². The zero-order valence-corrected chi connectivity index (χ0v) is 15.8. The average Bonchev–Trinajstić information content (AvgIpc) is 2.58. The molecule has 0 saturated carbocycles. The van der Waals surface area contributed by atoms with E-state index < -0.39 is 18.0 Å². The Kier molecular flexibility index (Phi) is 3.96. The van der Waals surface area contributed by atoms with Crippen LogP contribution in [-0.4, -0.2) is 52.2 Å². The van der Waals surface area contributed by atoms with Crippen LogP contribution in [0.3, 0.4) is 0 Å². The zero-order chi connectivity index (χ0) is 18.7. The van der Waals surface area contributed by atoms with Gasteiger partial charge in [0.05, 0.1) is 33.6 Å². The van der Waals surface area contributed by atoms with Crippen molar-refractivity contribution in [2.45, 2.75) is 19.0 Å². The van der Waals surface area contributed by atoms with Crippen LogP contribution in [0.4, 0.5) is 20.6 Å². The topological polar surface area (TPSA) is 85.8 Å². The summed E-state index contributed by atoms with van der Waals surface area (Å²) in [5.74, 6) is -0.901. The number of amides is 2. The Labute approximate surface area is 160 Å². The van der Waals surface area contributed by atoms with Crippen molar-refractivity contribution < 1.29 is 19.1 Å². The molecular formula is C16H13BrClFN4O3. The summed E-state index contributed by atoms with van der Waals surface area (Å²) >= 11 is 9.23. The van der Waals surface area contributed by atoms with Gasteiger partial charge in [-0.3, -0.25) is 9.78 Å². The van der Waals surface area contributed by atoms with Gasteiger partial charge in [0, 0.05) is 18.0 Å². The number of benzene rings is 1. The minimum Gasteiger partial charge on any atom is -0.465 e. The van der Waals surface area contributed by atoms with E-state index in [2.05, 4.69) is 26.2 Å². The molecule has 0 unspecified atom stereocenters. The number of anilines is 2. The van der Waals surface area contributed by atoms with E-state index in [1.54, 1.807) is 13.0 Å². The van der Waals surface area contributed by atoms with Gasteiger partial charge in [0.15, 0.2) is 5.82 Å². The Morgan fingerprint density at radius 2 is 2.23 bits per heavy atom. The van der Waals surface area contributed by atoms with Gasteiger partial charge in [0.2, 0.25) is 5.91 Å². The molecule has 2 amide bonds. The summed E-state index contributed by atoms with van der Waals surface area (Å²) in [6.45, 7) is 2.09. The molecule has 0 bridgehead atoms. The second-order valence-corrected chi connectivity index (χ2v) is 7.54. The van der Waals surface area contributed by atoms with Crippen molar-refractivity contribution in [3.05, 3.63) is 27.6 Å². The van der Waals surface area contributed by atoms with Crippen LogP contribution in [0.15, 0.2) is 16.7 Å². The monoisotopic (exact) mass is 442 g/mol. The van der Waals surface area contributed by atoms with Gasteiger partial charge in [-0.1, -0.05) is 11.6 Å². The van der Waals surface area contributed by atoms with Crippen molar-refractivity contribution in [2.75, 3.05) is 23.3 Å². The Morgan fingerprint density at radius 1 is 1.50 bits per heavy atom. The number of nitrogens with one attached hydrogen (secondary N) is 1. The Balaban J connectivity index is 1.92. The number of hydrogen-bond acceptors (Lipinski definition) is 4. The summed E-state index contributed by atoms with van der Waals surface area (Å²) in [6, 6.07) is 0.561. The highest BCUT2D eigenvalue weighted by atomic mass is 79.9. The quantitative estimate of drug-likeness (QED) is 0.610. The van der Waals surface area contributed by atoms with E-state index in [0.717, 1.165) is 0 Å². The van der Waals surface area contributed by atoms with Crippen LogP contribution in [0, 0.1) is 5.82 Å². The van der Waals surface area contributed by atoms with Gasteiger partial charge < -0.3 is 20.2 Å². The summed E-state index contributed by atoms with van der Waals surface area (Å²) < 4.78 is 14.7. The van der Waals surface area contributed by atoms with E-state index >= 15 is 0 Å². The second-order valence-electron chi connectivity index (χ2n) is 6.34. The first-order valence-corrected chi connectivity index (χ1v) is 9.00. The number of aromatic nitrogens is 1. The molecule has 0 spiro atoms. The van der Waals surface area contributed by atoms with Crippen molar-refractivity contribution in [3.8, 4) is 0 Å². The van der Waals surface area contributed by atoms with Crippen molar-refractivity contribution in [3.63, 3.8) is 0 Å². The maximum absolute atomic E-state index is 14.6. The van der Waals surface area contributed by atoms with Gasteiger partial charge in [0.25, 0.3) is 0 Å². The first kappa shape index (κ1) is 17.3. The summed E-state index contributed by atoms with van der Waals surface area (Å²) in [6.07, 6.45) is 0.331. The first-order chi connectivity index (χ1) is 12.3. The Morgan fingerprint density at radius 3 is 2.92 bits per heavy atom. The molecule has 4 rings (SSSR count). The SMILES string of the molecule is C[C@@H]1CN2c3c(cnc4c(F)c(Br)c(Cl)cc34)NC(=O)[C@H]2CN1C(=O)O. The van der Waals surface area contributed by atoms with Crippen LogP contribution in [0.1, 0.15) is 6.92 Å². The van der Waals surface area contributed by atoms with Crippen LogP contribution in [0.25, 0.3) is 10.9 Å². The van der Waals surface area contributed by atoms with Crippen molar-refractivity contribution >= 4 is 61.8 Å². The highest BCUT2D eigenvalue weighted by molar-refractivity contribution is 9.10. The zero-order valence-electron chi connectivity index (χ0n) is 13.5. The molecule has 3 heterocycles. The fourth-order valence-electron chi connectivity index (χ4n) is 3.56. The second kappa shape index (κ2) is 5.95. The Bertz CT molecular complexity index is 972. The lowest BCUT2D eigenvalue weighted by molar-refractivity contribution is -0.118. The van der Waals surface area contributed by atoms with E-state index in [1.165, 1.54) is 11.1 Å². The van der Waals surface area contributed by atoms with Crippen LogP contribution in [0.2, 0.25) is 5.02 Å². The largest absolute Gasteiger partial charge is 0.465 e. The lowest BCUT2D eigenvalue weighted by Crippen LogP contribution is -2.64. The van der Waals surface area contributed by atoms with Gasteiger partial charge in [-0.15, -0.1) is 0 Å². The van der Waals surface area contributed by atoms with E-state index in [9.17, 15) is 19.1 Å². The van der Waals surface area contributed by atoms with Crippen molar-refractivity contribution in [1.82, 2.24) is 9.88 Å². The third kappa shape index (κ3) is 2.41. The maximum Gasteiger partial charge on any atom is 0.407 e. The maximum atomic E-state index is 14.6. The molecule has 1 saturated heterocycles. The number of piperazine rings is 1. The molecule has 1 aromatic carbocycles. The number of nitrogens with zero attached hydrogens (tertiary/aromatic N) is 3. The summed E-state index contributed by atoms with van der Waals surface area (Å²) in [5.41, 5.74) is 1.18. The molecule has 136 valence electrons. The minimum absolute atomic E-state index is 0.0261. The molecule has 7 nitrogen and oxygen atoms in total. The number of carbonyl (C=O) groups is 2. The predicted octanol–water partition coefficient (Wildman–Crippen LogP) is 3.30. The molecule has 26 heavy (non-hydrogen) atoms. The van der Waals surface area contributed by atoms with Crippen molar-refractivity contribution in [2.24, 2.45) is 0 Å². The molecule has 0 aliphatic carbocycles. The Hall–Kier alpha value is -2.13. The number of fused-ring (bicyclic) bond motifs is 5. The lowest BCUT2D eigenvalue weighted by atomic mass is 10.00. The van der Waals surface area contributed by atoms with Gasteiger partial charge in [-0.25, -0.2) is 9.18 Å². The smallest absolute Gasteiger partial charge is 0.407 e. The molecule has 2 aliphatic rings. The van der Waals surface area contributed by atoms with Crippen LogP contribution < -0.4 is 10.2 Å². The third-order valence-electron chi connectivity index (χ3n) is 4.80. The number of halogens is 3. The average molecular weight is 444 g/mol. The van der Waals surface area contributed by atoms with Crippen LogP contribution >= 0.6 is 27.5 Å². The van der Waals surface area contributed by atoms with Crippen molar-refractivity contribution in [1.29, 1.82) is 0 Å². The summed E-state index contributed by atoms with van der Waals surface area (Å²) in [4.78, 5) is 31.1.